The quantitative estimate of drug-likeness (QED) is 0.906. The highest BCUT2D eigenvalue weighted by molar-refractivity contribution is 9.10. The third kappa shape index (κ3) is 3.74. The molecule has 0 bridgehead atoms. The van der Waals surface area contributed by atoms with Gasteiger partial charge in [-0.3, -0.25) is 0 Å². The predicted octanol–water partition coefficient (Wildman–Crippen LogP) is 4.02. The molecule has 1 aromatic rings. The van der Waals surface area contributed by atoms with Crippen LogP contribution in [0.15, 0.2) is 28.7 Å². The van der Waals surface area contributed by atoms with Crippen molar-refractivity contribution in [3.8, 4) is 6.07 Å². The summed E-state index contributed by atoms with van der Waals surface area (Å²) in [6.45, 7) is 6.51. The van der Waals surface area contributed by atoms with Crippen LogP contribution >= 0.6 is 15.9 Å². The standard InChI is InChI=1S/C16H22BrN3/c1-13(2)20-9-4-7-16(12-18,8-10-20)19-15-6-3-5-14(17)11-15/h3,5-6,11,13,19H,4,7-10H2,1-2H3. The third-order valence-electron chi connectivity index (χ3n) is 4.03. The highest BCUT2D eigenvalue weighted by Crippen LogP contribution is 2.28. The van der Waals surface area contributed by atoms with E-state index in [1.165, 1.54) is 0 Å². The summed E-state index contributed by atoms with van der Waals surface area (Å²) >= 11 is 3.48. The number of halogens is 1. The molecule has 0 spiro atoms. The second-order valence-electron chi connectivity index (χ2n) is 5.81. The number of likely N-dealkylation sites (tertiary alicyclic amines) is 1. The van der Waals surface area contributed by atoms with Crippen LogP contribution in [0.25, 0.3) is 0 Å². The molecule has 0 aromatic heterocycles. The monoisotopic (exact) mass is 335 g/mol. The van der Waals surface area contributed by atoms with Gasteiger partial charge in [-0.2, -0.15) is 5.26 Å². The van der Waals surface area contributed by atoms with Crippen LogP contribution in [0.5, 0.6) is 0 Å². The van der Waals surface area contributed by atoms with Crippen LogP contribution in [0.4, 0.5) is 5.69 Å². The van der Waals surface area contributed by atoms with Crippen molar-refractivity contribution in [2.45, 2.75) is 44.7 Å². The predicted molar refractivity (Wildman–Crippen MR) is 86.7 cm³/mol. The van der Waals surface area contributed by atoms with Gasteiger partial charge in [0.1, 0.15) is 5.54 Å². The largest absolute Gasteiger partial charge is 0.367 e. The maximum Gasteiger partial charge on any atom is 0.126 e. The topological polar surface area (TPSA) is 39.1 Å². The van der Waals surface area contributed by atoms with E-state index in [4.69, 9.17) is 0 Å². The van der Waals surface area contributed by atoms with Gasteiger partial charge in [-0.05, 0) is 57.9 Å². The molecule has 1 N–H and O–H groups in total. The Hall–Kier alpha value is -1.05. The number of hydrogen-bond acceptors (Lipinski definition) is 3. The molecule has 3 nitrogen and oxygen atoms in total. The van der Waals surface area contributed by atoms with Gasteiger partial charge in [0, 0.05) is 22.7 Å². The fourth-order valence-corrected chi connectivity index (χ4v) is 3.18. The minimum atomic E-state index is -0.440. The highest BCUT2D eigenvalue weighted by atomic mass is 79.9. The molecule has 20 heavy (non-hydrogen) atoms. The van der Waals surface area contributed by atoms with Crippen LogP contribution in [0.3, 0.4) is 0 Å². The molecule has 2 rings (SSSR count). The molecule has 1 aliphatic heterocycles. The average Bonchev–Trinajstić information content (AvgIpc) is 2.62. The zero-order chi connectivity index (χ0) is 14.6. The smallest absolute Gasteiger partial charge is 0.126 e. The van der Waals surface area contributed by atoms with Crippen LogP contribution in [0.1, 0.15) is 33.1 Å². The Kier molecular flexibility index (Phi) is 5.06. The first-order chi connectivity index (χ1) is 9.54. The van der Waals surface area contributed by atoms with Gasteiger partial charge < -0.3 is 10.2 Å². The molecule has 1 fully saturated rings. The van der Waals surface area contributed by atoms with E-state index in [1.807, 2.05) is 24.3 Å². The molecule has 1 unspecified atom stereocenters. The number of nitrogens with one attached hydrogen (secondary N) is 1. The summed E-state index contributed by atoms with van der Waals surface area (Å²) in [5, 5.41) is 13.1. The number of anilines is 1. The fourth-order valence-electron chi connectivity index (χ4n) is 2.78. The Bertz CT molecular complexity index is 495. The summed E-state index contributed by atoms with van der Waals surface area (Å²) in [6, 6.07) is 11.1. The molecule has 1 aliphatic rings. The number of nitrogens with zero attached hydrogens (tertiary/aromatic N) is 2. The van der Waals surface area contributed by atoms with Crippen molar-refractivity contribution in [3.63, 3.8) is 0 Å². The van der Waals surface area contributed by atoms with E-state index in [0.29, 0.717) is 6.04 Å². The third-order valence-corrected chi connectivity index (χ3v) is 4.52. The van der Waals surface area contributed by atoms with Crippen molar-refractivity contribution in [1.29, 1.82) is 5.26 Å². The summed E-state index contributed by atoms with van der Waals surface area (Å²) in [6.07, 6.45) is 2.83. The maximum atomic E-state index is 9.68. The van der Waals surface area contributed by atoms with Crippen molar-refractivity contribution >= 4 is 21.6 Å². The number of rotatable bonds is 3. The molecule has 1 heterocycles. The number of nitriles is 1. The summed E-state index contributed by atoms with van der Waals surface area (Å²) < 4.78 is 1.04. The Labute approximate surface area is 130 Å². The number of hydrogen-bond donors (Lipinski definition) is 1. The van der Waals surface area contributed by atoms with Gasteiger partial charge >= 0.3 is 0 Å². The lowest BCUT2D eigenvalue weighted by Crippen LogP contribution is -2.39. The fraction of sp³-hybridized carbons (Fsp3) is 0.562. The number of benzene rings is 1. The van der Waals surface area contributed by atoms with Gasteiger partial charge in [0.25, 0.3) is 0 Å². The van der Waals surface area contributed by atoms with Crippen molar-refractivity contribution in [2.24, 2.45) is 0 Å². The second-order valence-corrected chi connectivity index (χ2v) is 6.73. The van der Waals surface area contributed by atoms with E-state index in [2.05, 4.69) is 46.1 Å². The van der Waals surface area contributed by atoms with E-state index >= 15 is 0 Å². The minimum Gasteiger partial charge on any atom is -0.367 e. The van der Waals surface area contributed by atoms with Crippen LogP contribution in [0, 0.1) is 11.3 Å². The van der Waals surface area contributed by atoms with Crippen molar-refractivity contribution in [2.75, 3.05) is 18.4 Å². The molecule has 0 amide bonds. The van der Waals surface area contributed by atoms with Crippen molar-refractivity contribution in [1.82, 2.24) is 4.90 Å². The lowest BCUT2D eigenvalue weighted by molar-refractivity contribution is 0.229. The van der Waals surface area contributed by atoms with E-state index in [-0.39, 0.29) is 0 Å². The normalized spacial score (nSPS) is 24.1. The van der Waals surface area contributed by atoms with Crippen molar-refractivity contribution < 1.29 is 0 Å². The summed E-state index contributed by atoms with van der Waals surface area (Å²) in [4.78, 5) is 2.46. The highest BCUT2D eigenvalue weighted by Gasteiger charge is 2.33. The lowest BCUT2D eigenvalue weighted by atomic mass is 9.92. The summed E-state index contributed by atoms with van der Waals surface area (Å²) in [5.41, 5.74) is 0.573. The first-order valence-electron chi connectivity index (χ1n) is 7.24. The maximum absolute atomic E-state index is 9.68. The molecule has 108 valence electrons. The van der Waals surface area contributed by atoms with Gasteiger partial charge in [0.05, 0.1) is 6.07 Å². The van der Waals surface area contributed by atoms with E-state index in [1.54, 1.807) is 0 Å². The second kappa shape index (κ2) is 6.60. The van der Waals surface area contributed by atoms with Crippen LogP contribution < -0.4 is 5.32 Å². The Morgan fingerprint density at radius 2 is 2.15 bits per heavy atom. The van der Waals surface area contributed by atoms with E-state index < -0.39 is 5.54 Å². The molecule has 1 aromatic carbocycles. The average molecular weight is 336 g/mol. The lowest BCUT2D eigenvalue weighted by Gasteiger charge is -2.29. The molecule has 0 radical (unpaired) electrons. The van der Waals surface area contributed by atoms with Gasteiger partial charge in [0.15, 0.2) is 0 Å². The van der Waals surface area contributed by atoms with Crippen LogP contribution in [-0.2, 0) is 0 Å². The van der Waals surface area contributed by atoms with Gasteiger partial charge in [0.2, 0.25) is 0 Å². The SMILES string of the molecule is CC(C)N1CCCC(C#N)(Nc2cccc(Br)c2)CC1. The summed E-state index contributed by atoms with van der Waals surface area (Å²) in [7, 11) is 0. The van der Waals surface area contributed by atoms with Crippen LogP contribution in [-0.4, -0.2) is 29.6 Å². The van der Waals surface area contributed by atoms with Crippen LogP contribution in [0.2, 0.25) is 0 Å². The first-order valence-corrected chi connectivity index (χ1v) is 8.03. The van der Waals surface area contributed by atoms with E-state index in [0.717, 1.165) is 42.5 Å². The molecule has 0 saturated carbocycles. The first kappa shape index (κ1) is 15.3. The molecule has 1 saturated heterocycles. The Morgan fingerprint density at radius 3 is 2.80 bits per heavy atom. The van der Waals surface area contributed by atoms with E-state index in [9.17, 15) is 5.26 Å². The van der Waals surface area contributed by atoms with Gasteiger partial charge in [-0.1, -0.05) is 22.0 Å². The van der Waals surface area contributed by atoms with Gasteiger partial charge in [-0.15, -0.1) is 0 Å². The van der Waals surface area contributed by atoms with Gasteiger partial charge in [-0.25, -0.2) is 0 Å². The zero-order valence-corrected chi connectivity index (χ0v) is 13.8. The molecular weight excluding hydrogens is 314 g/mol. The molecule has 1 atom stereocenters. The summed E-state index contributed by atoms with van der Waals surface area (Å²) in [5.74, 6) is 0. The zero-order valence-electron chi connectivity index (χ0n) is 12.2. The molecule has 4 heteroatoms. The minimum absolute atomic E-state index is 0.440. The Morgan fingerprint density at radius 1 is 1.35 bits per heavy atom. The molecule has 0 aliphatic carbocycles. The van der Waals surface area contributed by atoms with Crippen molar-refractivity contribution in [3.05, 3.63) is 28.7 Å². The Balaban J connectivity index is 2.12. The molecular formula is C16H22BrN3.